The Bertz CT molecular complexity index is 399. The van der Waals surface area contributed by atoms with Crippen LogP contribution in [0.2, 0.25) is 0 Å². The first-order valence-corrected chi connectivity index (χ1v) is 5.17. The minimum Gasteiger partial charge on any atom is -0.328 e. The predicted octanol–water partition coefficient (Wildman–Crippen LogP) is 1.95. The minimum absolute atomic E-state index is 0.572. The molecule has 0 saturated heterocycles. The van der Waals surface area contributed by atoms with E-state index in [0.29, 0.717) is 17.7 Å². The maximum absolute atomic E-state index is 10.8. The minimum atomic E-state index is 0.572. The Morgan fingerprint density at radius 1 is 1.13 bits per heavy atom. The monoisotopic (exact) mass is 203 g/mol. The summed E-state index contributed by atoms with van der Waals surface area (Å²) in [6, 6.07) is 3.77. The fraction of sp³-hybridized carbons (Fsp3) is 0.333. The number of rotatable bonds is 3. The van der Waals surface area contributed by atoms with Gasteiger partial charge in [-0.25, -0.2) is 0 Å². The lowest BCUT2D eigenvalue weighted by molar-refractivity contribution is -0.105. The van der Waals surface area contributed by atoms with Crippen LogP contribution >= 0.6 is 0 Å². The van der Waals surface area contributed by atoms with E-state index in [-0.39, 0.29) is 0 Å². The quantitative estimate of drug-likeness (QED) is 0.763. The van der Waals surface area contributed by atoms with E-state index in [1.54, 1.807) is 6.07 Å². The summed E-state index contributed by atoms with van der Waals surface area (Å²) in [6.45, 7) is 0. The summed E-state index contributed by atoms with van der Waals surface area (Å²) in [5.41, 5.74) is 3.68. The van der Waals surface area contributed by atoms with Crippen LogP contribution < -0.4 is 5.32 Å². The molecule has 78 valence electrons. The Hall–Kier alpha value is -1.64. The van der Waals surface area contributed by atoms with E-state index in [0.717, 1.165) is 31.1 Å². The molecular formula is C12H13NO2. The van der Waals surface area contributed by atoms with Crippen LogP contribution in [0.5, 0.6) is 0 Å². The second kappa shape index (κ2) is 4.26. The highest BCUT2D eigenvalue weighted by Crippen LogP contribution is 2.29. The average molecular weight is 203 g/mol. The van der Waals surface area contributed by atoms with Gasteiger partial charge in [-0.15, -0.1) is 0 Å². The van der Waals surface area contributed by atoms with Crippen molar-refractivity contribution in [3.8, 4) is 0 Å². The predicted molar refractivity (Wildman–Crippen MR) is 58.2 cm³/mol. The first kappa shape index (κ1) is 9.90. The van der Waals surface area contributed by atoms with Gasteiger partial charge in [-0.05, 0) is 42.9 Å². The Kier molecular flexibility index (Phi) is 2.81. The van der Waals surface area contributed by atoms with Crippen molar-refractivity contribution in [2.75, 3.05) is 5.32 Å². The molecule has 3 heteroatoms. The van der Waals surface area contributed by atoms with Crippen molar-refractivity contribution in [3.63, 3.8) is 0 Å². The van der Waals surface area contributed by atoms with Crippen molar-refractivity contribution in [1.29, 1.82) is 0 Å². The summed E-state index contributed by atoms with van der Waals surface area (Å²) < 4.78 is 0. The third kappa shape index (κ3) is 1.77. The normalized spacial score (nSPS) is 14.1. The zero-order chi connectivity index (χ0) is 10.7. The molecule has 0 fully saturated rings. The Balaban J connectivity index is 2.53. The van der Waals surface area contributed by atoms with Crippen LogP contribution in [-0.2, 0) is 17.6 Å². The number of carbonyl (C=O) groups is 2. The van der Waals surface area contributed by atoms with Crippen LogP contribution in [0.15, 0.2) is 12.1 Å². The molecule has 1 amide bonds. The van der Waals surface area contributed by atoms with Crippen LogP contribution in [0.4, 0.5) is 5.69 Å². The molecular weight excluding hydrogens is 190 g/mol. The first-order valence-electron chi connectivity index (χ1n) is 5.17. The van der Waals surface area contributed by atoms with Crippen molar-refractivity contribution in [1.82, 2.24) is 0 Å². The van der Waals surface area contributed by atoms with Crippen molar-refractivity contribution in [2.24, 2.45) is 0 Å². The molecule has 2 rings (SSSR count). The summed E-state index contributed by atoms with van der Waals surface area (Å²) in [5.74, 6) is 0. The molecule has 1 aromatic carbocycles. The summed E-state index contributed by atoms with van der Waals surface area (Å²) in [4.78, 5) is 21.3. The molecule has 0 aliphatic heterocycles. The highest BCUT2D eigenvalue weighted by Gasteiger charge is 2.15. The lowest BCUT2D eigenvalue weighted by Gasteiger charge is -2.19. The molecule has 1 aliphatic carbocycles. The van der Waals surface area contributed by atoms with E-state index in [9.17, 15) is 9.59 Å². The summed E-state index contributed by atoms with van der Waals surface area (Å²) in [5, 5.41) is 2.64. The number of hydrogen-bond acceptors (Lipinski definition) is 2. The summed E-state index contributed by atoms with van der Waals surface area (Å²) in [7, 11) is 0. The van der Waals surface area contributed by atoms with Crippen molar-refractivity contribution >= 4 is 18.4 Å². The third-order valence-corrected chi connectivity index (χ3v) is 2.90. The van der Waals surface area contributed by atoms with Gasteiger partial charge in [0, 0.05) is 5.56 Å². The molecule has 0 aromatic heterocycles. The van der Waals surface area contributed by atoms with E-state index >= 15 is 0 Å². The highest BCUT2D eigenvalue weighted by atomic mass is 16.1. The zero-order valence-electron chi connectivity index (χ0n) is 8.45. The van der Waals surface area contributed by atoms with Gasteiger partial charge < -0.3 is 5.32 Å². The second-order valence-corrected chi connectivity index (χ2v) is 3.75. The van der Waals surface area contributed by atoms with Gasteiger partial charge >= 0.3 is 0 Å². The largest absolute Gasteiger partial charge is 0.328 e. The average Bonchev–Trinajstić information content (AvgIpc) is 2.30. The fourth-order valence-corrected chi connectivity index (χ4v) is 2.17. The number of fused-ring (bicyclic) bond motifs is 1. The van der Waals surface area contributed by atoms with Crippen molar-refractivity contribution in [2.45, 2.75) is 25.7 Å². The molecule has 0 saturated carbocycles. The lowest BCUT2D eigenvalue weighted by atomic mass is 9.89. The van der Waals surface area contributed by atoms with Gasteiger partial charge in [-0.3, -0.25) is 9.59 Å². The molecule has 0 atom stereocenters. The smallest absolute Gasteiger partial charge is 0.211 e. The second-order valence-electron chi connectivity index (χ2n) is 3.75. The first-order chi connectivity index (χ1) is 7.36. The summed E-state index contributed by atoms with van der Waals surface area (Å²) >= 11 is 0. The van der Waals surface area contributed by atoms with E-state index in [1.165, 1.54) is 12.0 Å². The van der Waals surface area contributed by atoms with Gasteiger partial charge in [0.25, 0.3) is 0 Å². The summed E-state index contributed by atoms with van der Waals surface area (Å²) in [6.07, 6.45) is 5.74. The van der Waals surface area contributed by atoms with Gasteiger partial charge in [-0.2, -0.15) is 0 Å². The number of aldehydes is 1. The highest BCUT2D eigenvalue weighted by molar-refractivity contribution is 5.90. The van der Waals surface area contributed by atoms with Gasteiger partial charge in [0.05, 0.1) is 5.69 Å². The van der Waals surface area contributed by atoms with E-state index < -0.39 is 0 Å². The molecule has 1 aliphatic rings. The number of aryl methyl sites for hydroxylation is 1. The van der Waals surface area contributed by atoms with Crippen LogP contribution in [0.1, 0.15) is 34.3 Å². The molecule has 1 aromatic rings. The standard InChI is InChI=1S/C12H13NO2/c14-7-10-6-5-9-3-1-2-4-11(9)12(10)13-8-15/h5-8H,1-4H2,(H,13,15). The molecule has 0 unspecified atom stereocenters. The molecule has 3 nitrogen and oxygen atoms in total. The number of anilines is 1. The van der Waals surface area contributed by atoms with E-state index in [4.69, 9.17) is 0 Å². The fourth-order valence-electron chi connectivity index (χ4n) is 2.17. The van der Waals surface area contributed by atoms with Crippen LogP contribution in [0.3, 0.4) is 0 Å². The number of benzene rings is 1. The van der Waals surface area contributed by atoms with Gasteiger partial charge in [0.15, 0.2) is 6.29 Å². The maximum Gasteiger partial charge on any atom is 0.211 e. The molecule has 0 heterocycles. The molecule has 0 radical (unpaired) electrons. The lowest BCUT2D eigenvalue weighted by Crippen LogP contribution is -2.09. The molecule has 0 bridgehead atoms. The number of amides is 1. The van der Waals surface area contributed by atoms with Gasteiger partial charge in [0.1, 0.15) is 0 Å². The number of hydrogen-bond donors (Lipinski definition) is 1. The van der Waals surface area contributed by atoms with Gasteiger partial charge in [0.2, 0.25) is 6.41 Å². The maximum atomic E-state index is 10.8. The van der Waals surface area contributed by atoms with E-state index in [2.05, 4.69) is 5.32 Å². The number of nitrogens with one attached hydrogen (secondary N) is 1. The van der Waals surface area contributed by atoms with Crippen LogP contribution in [0, 0.1) is 0 Å². The Morgan fingerprint density at radius 3 is 2.67 bits per heavy atom. The molecule has 1 N–H and O–H groups in total. The van der Waals surface area contributed by atoms with Crippen molar-refractivity contribution in [3.05, 3.63) is 28.8 Å². The van der Waals surface area contributed by atoms with E-state index in [1.807, 2.05) is 6.07 Å². The Labute approximate surface area is 88.5 Å². The SMILES string of the molecule is O=CNc1c(C=O)ccc2c1CCCC2. The molecule has 15 heavy (non-hydrogen) atoms. The third-order valence-electron chi connectivity index (χ3n) is 2.90. The number of carbonyl (C=O) groups excluding carboxylic acids is 2. The Morgan fingerprint density at radius 2 is 1.93 bits per heavy atom. The topological polar surface area (TPSA) is 46.2 Å². The zero-order valence-corrected chi connectivity index (χ0v) is 8.45. The van der Waals surface area contributed by atoms with Crippen LogP contribution in [-0.4, -0.2) is 12.7 Å². The van der Waals surface area contributed by atoms with Crippen LogP contribution in [0.25, 0.3) is 0 Å². The van der Waals surface area contributed by atoms with Gasteiger partial charge in [-0.1, -0.05) is 6.07 Å². The van der Waals surface area contributed by atoms with Crippen molar-refractivity contribution < 1.29 is 9.59 Å². The molecule has 0 spiro atoms.